The van der Waals surface area contributed by atoms with Crippen LogP contribution in [0.1, 0.15) is 25.7 Å². The first-order valence-corrected chi connectivity index (χ1v) is 7.63. The minimum absolute atomic E-state index is 0.268. The summed E-state index contributed by atoms with van der Waals surface area (Å²) in [5.41, 5.74) is 0. The number of benzene rings is 1. The lowest BCUT2D eigenvalue weighted by Gasteiger charge is -2.27. The second-order valence-corrected chi connectivity index (χ2v) is 5.69. The maximum absolute atomic E-state index is 11.7. The van der Waals surface area contributed by atoms with Crippen LogP contribution in [0, 0.1) is 0 Å². The number of rotatable bonds is 3. The lowest BCUT2D eigenvalue weighted by atomic mass is 9.95. The van der Waals surface area contributed by atoms with E-state index < -0.39 is 0 Å². The maximum atomic E-state index is 11.7. The largest absolute Gasteiger partial charge is 0.412 e. The molecule has 1 fully saturated rings. The fraction of sp³-hybridized carbons (Fsp3) is 0.500. The number of para-hydroxylation sites is 1. The van der Waals surface area contributed by atoms with E-state index in [1.807, 2.05) is 30.0 Å². The molecule has 0 radical (unpaired) electrons. The lowest BCUT2D eigenvalue weighted by molar-refractivity contribution is 0.192. The predicted octanol–water partition coefficient (Wildman–Crippen LogP) is 3.45. The first-order chi connectivity index (χ1) is 8.78. The van der Waals surface area contributed by atoms with E-state index >= 15 is 0 Å². The average Bonchev–Trinajstić information content (AvgIpc) is 2.40. The summed E-state index contributed by atoms with van der Waals surface area (Å²) >= 11 is 1.93. The normalized spacial score (nSPS) is 23.4. The Labute approximate surface area is 112 Å². The van der Waals surface area contributed by atoms with Crippen molar-refractivity contribution in [2.45, 2.75) is 37.0 Å². The van der Waals surface area contributed by atoms with E-state index in [4.69, 9.17) is 4.74 Å². The zero-order valence-electron chi connectivity index (χ0n) is 10.6. The summed E-state index contributed by atoms with van der Waals surface area (Å²) in [5, 5.41) is 3.70. The predicted molar refractivity (Wildman–Crippen MR) is 75.2 cm³/mol. The fourth-order valence-corrected chi connectivity index (χ4v) is 2.98. The minimum atomic E-state index is -0.339. The maximum Gasteiger partial charge on any atom is 0.412 e. The Morgan fingerprint density at radius 3 is 2.50 bits per heavy atom. The molecule has 4 heteroatoms. The molecule has 0 spiro atoms. The molecule has 1 aliphatic rings. The first kappa shape index (κ1) is 13.3. The molecule has 1 saturated carbocycles. The van der Waals surface area contributed by atoms with Crippen LogP contribution in [0.5, 0.6) is 5.75 Å². The second-order valence-electron chi connectivity index (χ2n) is 4.56. The van der Waals surface area contributed by atoms with Gasteiger partial charge >= 0.3 is 6.09 Å². The summed E-state index contributed by atoms with van der Waals surface area (Å²) < 4.78 is 5.22. The van der Waals surface area contributed by atoms with E-state index in [1.165, 1.54) is 12.8 Å². The van der Waals surface area contributed by atoms with Gasteiger partial charge in [-0.15, -0.1) is 0 Å². The topological polar surface area (TPSA) is 38.3 Å². The third kappa shape index (κ3) is 3.95. The van der Waals surface area contributed by atoms with Crippen molar-refractivity contribution in [3.05, 3.63) is 30.3 Å². The van der Waals surface area contributed by atoms with E-state index in [9.17, 15) is 4.79 Å². The van der Waals surface area contributed by atoms with Crippen LogP contribution in [0.15, 0.2) is 30.3 Å². The van der Waals surface area contributed by atoms with Gasteiger partial charge in [0.1, 0.15) is 5.75 Å². The van der Waals surface area contributed by atoms with E-state index in [0.717, 1.165) is 18.1 Å². The van der Waals surface area contributed by atoms with Crippen molar-refractivity contribution >= 4 is 17.9 Å². The molecule has 2 rings (SSSR count). The molecule has 0 atom stereocenters. The van der Waals surface area contributed by atoms with Crippen LogP contribution < -0.4 is 10.1 Å². The zero-order chi connectivity index (χ0) is 12.8. The van der Waals surface area contributed by atoms with Crippen LogP contribution in [0.25, 0.3) is 0 Å². The fourth-order valence-electron chi connectivity index (χ4n) is 2.23. The van der Waals surface area contributed by atoms with Crippen molar-refractivity contribution in [3.8, 4) is 5.75 Å². The molecule has 0 aromatic heterocycles. The molecule has 1 aromatic carbocycles. The summed E-state index contributed by atoms with van der Waals surface area (Å²) in [6, 6.07) is 9.44. The molecule has 1 amide bonds. The summed E-state index contributed by atoms with van der Waals surface area (Å²) in [5.74, 6) is 0.591. The molecule has 98 valence electrons. The summed E-state index contributed by atoms with van der Waals surface area (Å²) in [6.45, 7) is 0. The SMILES string of the molecule is CSC1CCC(NC(=O)Oc2ccccc2)CC1. The van der Waals surface area contributed by atoms with E-state index in [-0.39, 0.29) is 12.1 Å². The lowest BCUT2D eigenvalue weighted by Crippen LogP contribution is -2.39. The van der Waals surface area contributed by atoms with Crippen molar-refractivity contribution in [1.29, 1.82) is 0 Å². The van der Waals surface area contributed by atoms with Gasteiger partial charge in [-0.2, -0.15) is 11.8 Å². The number of nitrogens with one attached hydrogen (secondary N) is 1. The standard InChI is InChI=1S/C14H19NO2S/c1-18-13-9-7-11(8-10-13)15-14(16)17-12-5-3-2-4-6-12/h2-6,11,13H,7-10H2,1H3,(H,15,16). The summed E-state index contributed by atoms with van der Waals surface area (Å²) in [4.78, 5) is 11.7. The number of hydrogen-bond acceptors (Lipinski definition) is 3. The third-order valence-electron chi connectivity index (χ3n) is 3.28. The van der Waals surface area contributed by atoms with Gasteiger partial charge in [0.05, 0.1) is 0 Å². The van der Waals surface area contributed by atoms with Crippen molar-refractivity contribution in [3.63, 3.8) is 0 Å². The van der Waals surface area contributed by atoms with Crippen molar-refractivity contribution < 1.29 is 9.53 Å². The molecule has 0 heterocycles. The molecule has 18 heavy (non-hydrogen) atoms. The van der Waals surface area contributed by atoms with Crippen LogP contribution in [-0.4, -0.2) is 23.6 Å². The number of hydrogen-bond donors (Lipinski definition) is 1. The molecular formula is C14H19NO2S. The Bertz CT molecular complexity index is 375. The molecule has 0 bridgehead atoms. The average molecular weight is 265 g/mol. The van der Waals surface area contributed by atoms with Gasteiger partial charge in [0.25, 0.3) is 0 Å². The number of carbonyl (C=O) groups excluding carboxylic acids is 1. The molecule has 1 N–H and O–H groups in total. The van der Waals surface area contributed by atoms with Crippen molar-refractivity contribution in [2.24, 2.45) is 0 Å². The molecule has 0 saturated heterocycles. The van der Waals surface area contributed by atoms with Gasteiger partial charge in [-0.25, -0.2) is 4.79 Å². The number of thioether (sulfide) groups is 1. The van der Waals surface area contributed by atoms with Gasteiger partial charge in [-0.1, -0.05) is 18.2 Å². The number of ether oxygens (including phenoxy) is 1. The smallest absolute Gasteiger partial charge is 0.410 e. The first-order valence-electron chi connectivity index (χ1n) is 6.34. The van der Waals surface area contributed by atoms with Crippen LogP contribution in [-0.2, 0) is 0 Å². The molecule has 3 nitrogen and oxygen atoms in total. The Balaban J connectivity index is 1.75. The van der Waals surface area contributed by atoms with Gasteiger partial charge in [-0.3, -0.25) is 0 Å². The van der Waals surface area contributed by atoms with Gasteiger partial charge < -0.3 is 10.1 Å². The minimum Gasteiger partial charge on any atom is -0.410 e. The number of carbonyl (C=O) groups is 1. The zero-order valence-corrected chi connectivity index (χ0v) is 11.4. The van der Waals surface area contributed by atoms with E-state index in [2.05, 4.69) is 11.6 Å². The Hall–Kier alpha value is -1.16. The molecule has 0 unspecified atom stereocenters. The van der Waals surface area contributed by atoms with Gasteiger partial charge in [0.2, 0.25) is 0 Å². The van der Waals surface area contributed by atoms with Gasteiger partial charge in [0.15, 0.2) is 0 Å². The number of amides is 1. The van der Waals surface area contributed by atoms with Crippen molar-refractivity contribution in [1.82, 2.24) is 5.32 Å². The molecule has 1 aromatic rings. The highest BCUT2D eigenvalue weighted by Gasteiger charge is 2.22. The van der Waals surface area contributed by atoms with Crippen LogP contribution >= 0.6 is 11.8 Å². The molecule has 1 aliphatic carbocycles. The second kappa shape index (κ2) is 6.69. The summed E-state index contributed by atoms with van der Waals surface area (Å²) in [6.07, 6.45) is 6.27. The Morgan fingerprint density at radius 2 is 1.89 bits per heavy atom. The molecular weight excluding hydrogens is 246 g/mol. The van der Waals surface area contributed by atoms with E-state index in [0.29, 0.717) is 5.75 Å². The van der Waals surface area contributed by atoms with Crippen LogP contribution in [0.4, 0.5) is 4.79 Å². The Morgan fingerprint density at radius 1 is 1.22 bits per heavy atom. The highest BCUT2D eigenvalue weighted by molar-refractivity contribution is 7.99. The summed E-state index contributed by atoms with van der Waals surface area (Å²) in [7, 11) is 0. The van der Waals surface area contributed by atoms with Crippen LogP contribution in [0.3, 0.4) is 0 Å². The van der Waals surface area contributed by atoms with E-state index in [1.54, 1.807) is 12.1 Å². The Kier molecular flexibility index (Phi) is 4.93. The molecule has 0 aliphatic heterocycles. The van der Waals surface area contributed by atoms with Gasteiger partial charge in [0, 0.05) is 11.3 Å². The quantitative estimate of drug-likeness (QED) is 0.909. The monoisotopic (exact) mass is 265 g/mol. The highest BCUT2D eigenvalue weighted by Crippen LogP contribution is 2.26. The highest BCUT2D eigenvalue weighted by atomic mass is 32.2. The van der Waals surface area contributed by atoms with Crippen LogP contribution in [0.2, 0.25) is 0 Å². The van der Waals surface area contributed by atoms with Gasteiger partial charge in [-0.05, 0) is 44.1 Å². The van der Waals surface area contributed by atoms with Crippen molar-refractivity contribution in [2.75, 3.05) is 6.26 Å². The third-order valence-corrected chi connectivity index (χ3v) is 4.42.